The lowest BCUT2D eigenvalue weighted by Crippen LogP contribution is -2.31. The van der Waals surface area contributed by atoms with E-state index in [9.17, 15) is 9.59 Å². The monoisotopic (exact) mass is 468 g/mol. The van der Waals surface area contributed by atoms with E-state index in [-0.39, 0.29) is 18.2 Å². The van der Waals surface area contributed by atoms with Crippen molar-refractivity contribution in [1.29, 1.82) is 0 Å². The van der Waals surface area contributed by atoms with E-state index in [0.29, 0.717) is 26.0 Å². The Labute approximate surface area is 206 Å². The molecule has 0 aliphatic rings. The molecule has 0 saturated heterocycles. The number of rotatable bonds is 11. The number of aromatic nitrogens is 1. The lowest BCUT2D eigenvalue weighted by atomic mass is 10.1. The SMILES string of the molecule is CC(=O)CCc1cn(CC(=O)N(C)CCc2ccccc2)c2ccc(OCc3ccccc3)cc12. The molecule has 0 aliphatic heterocycles. The summed E-state index contributed by atoms with van der Waals surface area (Å²) < 4.78 is 8.03. The fourth-order valence-electron chi connectivity index (χ4n) is 4.15. The van der Waals surface area contributed by atoms with Crippen LogP contribution in [-0.4, -0.2) is 34.7 Å². The Kier molecular flexibility index (Phi) is 7.99. The molecule has 4 rings (SSSR count). The zero-order valence-corrected chi connectivity index (χ0v) is 20.4. The summed E-state index contributed by atoms with van der Waals surface area (Å²) in [7, 11) is 1.85. The molecule has 5 heteroatoms. The van der Waals surface area contributed by atoms with Crippen LogP contribution in [0.5, 0.6) is 5.75 Å². The van der Waals surface area contributed by atoms with Crippen LogP contribution in [-0.2, 0) is 35.6 Å². The Balaban J connectivity index is 1.50. The van der Waals surface area contributed by atoms with Crippen molar-refractivity contribution >= 4 is 22.6 Å². The largest absolute Gasteiger partial charge is 0.489 e. The van der Waals surface area contributed by atoms with E-state index in [1.807, 2.05) is 84.5 Å². The summed E-state index contributed by atoms with van der Waals surface area (Å²) in [4.78, 5) is 26.4. The average molecular weight is 469 g/mol. The number of ether oxygens (including phenoxy) is 1. The molecule has 0 unspecified atom stereocenters. The number of nitrogens with zero attached hydrogens (tertiary/aromatic N) is 2. The first-order valence-electron chi connectivity index (χ1n) is 12.1. The maximum Gasteiger partial charge on any atom is 0.242 e. The van der Waals surface area contributed by atoms with E-state index in [0.717, 1.165) is 34.2 Å². The molecule has 0 radical (unpaired) electrons. The van der Waals surface area contributed by atoms with E-state index >= 15 is 0 Å². The van der Waals surface area contributed by atoms with Crippen LogP contribution in [0.3, 0.4) is 0 Å². The van der Waals surface area contributed by atoms with Crippen molar-refractivity contribution in [2.24, 2.45) is 0 Å². The fourth-order valence-corrected chi connectivity index (χ4v) is 4.15. The third kappa shape index (κ3) is 6.60. The highest BCUT2D eigenvalue weighted by atomic mass is 16.5. The average Bonchev–Trinajstić information content (AvgIpc) is 3.22. The van der Waals surface area contributed by atoms with Crippen molar-refractivity contribution < 1.29 is 14.3 Å². The van der Waals surface area contributed by atoms with Gasteiger partial charge in [-0.15, -0.1) is 0 Å². The number of amides is 1. The van der Waals surface area contributed by atoms with Gasteiger partial charge in [-0.3, -0.25) is 4.79 Å². The van der Waals surface area contributed by atoms with E-state index in [2.05, 4.69) is 12.1 Å². The van der Waals surface area contributed by atoms with Crippen LogP contribution < -0.4 is 4.74 Å². The number of hydrogen-bond acceptors (Lipinski definition) is 3. The molecule has 5 nitrogen and oxygen atoms in total. The molecule has 0 aliphatic carbocycles. The number of benzene rings is 3. The Morgan fingerprint density at radius 1 is 0.886 bits per heavy atom. The molecule has 0 atom stereocenters. The highest BCUT2D eigenvalue weighted by Gasteiger charge is 2.15. The molecule has 4 aromatic rings. The van der Waals surface area contributed by atoms with Gasteiger partial charge in [0.1, 0.15) is 24.7 Å². The Bertz CT molecular complexity index is 1280. The molecule has 3 aromatic carbocycles. The van der Waals surface area contributed by atoms with Crippen LogP contribution in [0.2, 0.25) is 0 Å². The minimum atomic E-state index is 0.0559. The first-order chi connectivity index (χ1) is 17.0. The van der Waals surface area contributed by atoms with Crippen LogP contribution >= 0.6 is 0 Å². The molecule has 1 amide bonds. The normalized spacial score (nSPS) is 10.9. The van der Waals surface area contributed by atoms with Gasteiger partial charge in [0.05, 0.1) is 0 Å². The predicted molar refractivity (Wildman–Crippen MR) is 139 cm³/mol. The highest BCUT2D eigenvalue weighted by molar-refractivity contribution is 5.88. The summed E-state index contributed by atoms with van der Waals surface area (Å²) in [5.41, 5.74) is 4.35. The van der Waals surface area contributed by atoms with Crippen molar-refractivity contribution in [3.8, 4) is 5.75 Å². The molecular weight excluding hydrogens is 436 g/mol. The quantitative estimate of drug-likeness (QED) is 0.294. The summed E-state index contributed by atoms with van der Waals surface area (Å²) in [6.45, 7) is 3.02. The van der Waals surface area contributed by atoms with Gasteiger partial charge >= 0.3 is 0 Å². The molecule has 1 aromatic heterocycles. The smallest absolute Gasteiger partial charge is 0.242 e. The Morgan fingerprint density at radius 3 is 2.26 bits per heavy atom. The minimum absolute atomic E-state index is 0.0559. The van der Waals surface area contributed by atoms with Crippen molar-refractivity contribution in [3.05, 3.63) is 102 Å². The van der Waals surface area contributed by atoms with Crippen molar-refractivity contribution in [2.75, 3.05) is 13.6 Å². The summed E-state index contributed by atoms with van der Waals surface area (Å²) in [6.07, 6.45) is 3.94. The second-order valence-electron chi connectivity index (χ2n) is 8.99. The molecule has 180 valence electrons. The van der Waals surface area contributed by atoms with Gasteiger partial charge in [0.25, 0.3) is 0 Å². The third-order valence-corrected chi connectivity index (χ3v) is 6.24. The van der Waals surface area contributed by atoms with Crippen LogP contribution in [0.4, 0.5) is 0 Å². The maximum atomic E-state index is 13.0. The summed E-state index contributed by atoms with van der Waals surface area (Å²) in [5.74, 6) is 0.981. The zero-order chi connectivity index (χ0) is 24.6. The summed E-state index contributed by atoms with van der Waals surface area (Å²) >= 11 is 0. The van der Waals surface area contributed by atoms with Crippen molar-refractivity contribution in [1.82, 2.24) is 9.47 Å². The number of fused-ring (bicyclic) bond motifs is 1. The predicted octanol–water partition coefficient (Wildman–Crippen LogP) is 5.44. The minimum Gasteiger partial charge on any atom is -0.489 e. The van der Waals surface area contributed by atoms with Gasteiger partial charge in [0.15, 0.2) is 0 Å². The van der Waals surface area contributed by atoms with Crippen LogP contribution in [0.15, 0.2) is 85.1 Å². The van der Waals surface area contributed by atoms with Gasteiger partial charge in [0, 0.05) is 37.1 Å². The molecule has 0 bridgehead atoms. The lowest BCUT2D eigenvalue weighted by molar-refractivity contribution is -0.130. The lowest BCUT2D eigenvalue weighted by Gasteiger charge is -2.18. The molecule has 0 N–H and O–H groups in total. The zero-order valence-electron chi connectivity index (χ0n) is 20.4. The van der Waals surface area contributed by atoms with Gasteiger partial charge < -0.3 is 19.0 Å². The van der Waals surface area contributed by atoms with Gasteiger partial charge in [-0.1, -0.05) is 60.7 Å². The molecule has 1 heterocycles. The van der Waals surface area contributed by atoms with Gasteiger partial charge in [-0.2, -0.15) is 0 Å². The number of Topliss-reactive ketones (excluding diaryl/α,β-unsaturated/α-hetero) is 1. The standard InChI is InChI=1S/C30H32N2O3/c1-23(33)13-14-26-20-32(21-30(34)31(2)18-17-24-9-5-3-6-10-24)29-16-15-27(19-28(26)29)35-22-25-11-7-4-8-12-25/h3-12,15-16,19-20H,13-14,17-18,21-22H2,1-2H3. The summed E-state index contributed by atoms with van der Waals surface area (Å²) in [5, 5.41) is 1.02. The Hall–Kier alpha value is -3.86. The number of ketones is 1. The van der Waals surface area contributed by atoms with E-state index < -0.39 is 0 Å². The topological polar surface area (TPSA) is 51.5 Å². The number of hydrogen-bond donors (Lipinski definition) is 0. The number of aryl methyl sites for hydroxylation is 1. The number of carbonyl (C=O) groups excluding carboxylic acids is 2. The third-order valence-electron chi connectivity index (χ3n) is 6.24. The van der Waals surface area contributed by atoms with Gasteiger partial charge in [-0.05, 0) is 54.7 Å². The van der Waals surface area contributed by atoms with E-state index in [4.69, 9.17) is 4.74 Å². The molecule has 35 heavy (non-hydrogen) atoms. The second-order valence-corrected chi connectivity index (χ2v) is 8.99. The van der Waals surface area contributed by atoms with Gasteiger partial charge in [0.2, 0.25) is 5.91 Å². The van der Waals surface area contributed by atoms with Gasteiger partial charge in [-0.25, -0.2) is 0 Å². The first kappa shape index (κ1) is 24.3. The second kappa shape index (κ2) is 11.5. The van der Waals surface area contributed by atoms with Crippen LogP contribution in [0.25, 0.3) is 10.9 Å². The van der Waals surface area contributed by atoms with E-state index in [1.165, 1.54) is 5.56 Å². The molecule has 0 saturated carbocycles. The van der Waals surface area contributed by atoms with Crippen LogP contribution in [0, 0.1) is 0 Å². The fraction of sp³-hybridized carbons (Fsp3) is 0.267. The molecule has 0 spiro atoms. The van der Waals surface area contributed by atoms with Crippen molar-refractivity contribution in [2.45, 2.75) is 39.3 Å². The van der Waals surface area contributed by atoms with E-state index in [1.54, 1.807) is 11.8 Å². The number of carbonyl (C=O) groups is 2. The summed E-state index contributed by atoms with van der Waals surface area (Å²) in [6, 6.07) is 26.2. The molecule has 0 fully saturated rings. The number of likely N-dealkylation sites (N-methyl/N-ethyl adjacent to an activating group) is 1. The molecular formula is C30H32N2O3. The van der Waals surface area contributed by atoms with Crippen LogP contribution in [0.1, 0.15) is 30.0 Å². The maximum absolute atomic E-state index is 13.0. The Morgan fingerprint density at radius 2 is 1.57 bits per heavy atom. The highest BCUT2D eigenvalue weighted by Crippen LogP contribution is 2.28. The van der Waals surface area contributed by atoms with Crippen molar-refractivity contribution in [3.63, 3.8) is 0 Å². The first-order valence-corrected chi connectivity index (χ1v) is 12.1.